The van der Waals surface area contributed by atoms with Crippen LogP contribution in [0.2, 0.25) is 5.28 Å². The van der Waals surface area contributed by atoms with E-state index in [0.29, 0.717) is 17.0 Å². The molecule has 0 atom stereocenters. The van der Waals surface area contributed by atoms with Crippen LogP contribution in [-0.4, -0.2) is 26.6 Å². The Kier molecular flexibility index (Phi) is 3.85. The van der Waals surface area contributed by atoms with Gasteiger partial charge in [0.15, 0.2) is 11.2 Å². The minimum Gasteiger partial charge on any atom is -0.479 e. The number of aromatic nitrogens is 4. The summed E-state index contributed by atoms with van der Waals surface area (Å²) < 4.78 is 6.77. The van der Waals surface area contributed by atoms with Crippen LogP contribution in [0.3, 0.4) is 0 Å². The molecule has 0 spiro atoms. The Balaban J connectivity index is 0.000000531. The van der Waals surface area contributed by atoms with E-state index in [1.54, 1.807) is 10.9 Å². The van der Waals surface area contributed by atoms with Crippen molar-refractivity contribution in [3.05, 3.63) is 11.6 Å². The van der Waals surface area contributed by atoms with Crippen LogP contribution in [0.1, 0.15) is 13.8 Å². The van der Waals surface area contributed by atoms with Gasteiger partial charge in [-0.05, 0) is 11.6 Å². The molecule has 0 N–H and O–H groups in total. The number of rotatable bonds is 1. The molecule has 0 aromatic carbocycles. The summed E-state index contributed by atoms with van der Waals surface area (Å²) in [5, 5.41) is 0.160. The number of imidazole rings is 1. The van der Waals surface area contributed by atoms with Gasteiger partial charge in [-0.3, -0.25) is 0 Å². The Morgan fingerprint density at radius 1 is 1.33 bits per heavy atom. The summed E-state index contributed by atoms with van der Waals surface area (Å²) in [6, 6.07) is 0. The van der Waals surface area contributed by atoms with E-state index in [1.165, 1.54) is 7.11 Å². The standard InChI is InChI=1S/C7H7ClN4O.C2H6/c1-12-3-9-4-5(12)10-7(8)11-6(4)13-2;1-2/h3H,1-2H3;1-2H3. The average molecular weight is 229 g/mol. The molecule has 0 saturated heterocycles. The highest BCUT2D eigenvalue weighted by Gasteiger charge is 2.10. The van der Waals surface area contributed by atoms with Crippen LogP contribution in [0, 0.1) is 0 Å². The van der Waals surface area contributed by atoms with Crippen LogP contribution in [0.25, 0.3) is 11.2 Å². The summed E-state index contributed by atoms with van der Waals surface area (Å²) in [6.07, 6.45) is 1.64. The first-order valence-corrected chi connectivity index (χ1v) is 4.98. The second kappa shape index (κ2) is 4.93. The number of ether oxygens (including phenoxy) is 1. The smallest absolute Gasteiger partial charge is 0.246 e. The summed E-state index contributed by atoms with van der Waals surface area (Å²) in [6.45, 7) is 4.00. The van der Waals surface area contributed by atoms with Gasteiger partial charge in [0.2, 0.25) is 11.2 Å². The fourth-order valence-electron chi connectivity index (χ4n) is 1.10. The molecule has 0 amide bonds. The molecule has 0 aliphatic carbocycles. The van der Waals surface area contributed by atoms with Gasteiger partial charge in [-0.1, -0.05) is 13.8 Å². The van der Waals surface area contributed by atoms with Crippen molar-refractivity contribution >= 4 is 22.8 Å². The minimum absolute atomic E-state index is 0.160. The van der Waals surface area contributed by atoms with Crippen LogP contribution in [0.4, 0.5) is 0 Å². The van der Waals surface area contributed by atoms with Crippen molar-refractivity contribution in [3.8, 4) is 5.88 Å². The van der Waals surface area contributed by atoms with Crippen molar-refractivity contribution in [2.45, 2.75) is 13.8 Å². The summed E-state index contributed by atoms with van der Waals surface area (Å²) in [7, 11) is 3.35. The van der Waals surface area contributed by atoms with Gasteiger partial charge in [0.1, 0.15) is 0 Å². The zero-order valence-electron chi connectivity index (χ0n) is 9.15. The van der Waals surface area contributed by atoms with E-state index >= 15 is 0 Å². The third kappa shape index (κ3) is 2.18. The SMILES string of the molecule is CC.COc1nc(Cl)nc2c1ncn2C. The van der Waals surface area contributed by atoms with Gasteiger partial charge < -0.3 is 9.30 Å². The van der Waals surface area contributed by atoms with E-state index in [1.807, 2.05) is 20.9 Å². The number of fused-ring (bicyclic) bond motifs is 1. The minimum atomic E-state index is 0.160. The number of hydrogen-bond acceptors (Lipinski definition) is 4. The zero-order chi connectivity index (χ0) is 11.4. The Bertz CT molecular complexity index is 455. The molecule has 0 aliphatic rings. The predicted molar refractivity (Wildman–Crippen MR) is 59.2 cm³/mol. The van der Waals surface area contributed by atoms with E-state index in [9.17, 15) is 0 Å². The van der Waals surface area contributed by atoms with E-state index in [0.717, 1.165) is 0 Å². The van der Waals surface area contributed by atoms with Crippen molar-refractivity contribution in [3.63, 3.8) is 0 Å². The molecule has 5 nitrogen and oxygen atoms in total. The normalized spacial score (nSPS) is 9.67. The van der Waals surface area contributed by atoms with Crippen molar-refractivity contribution in [1.29, 1.82) is 0 Å². The first kappa shape index (κ1) is 11.7. The molecular formula is C9H13ClN4O. The van der Waals surface area contributed by atoms with Crippen LogP contribution >= 0.6 is 11.6 Å². The maximum Gasteiger partial charge on any atom is 0.246 e. The molecule has 0 bridgehead atoms. The maximum absolute atomic E-state index is 5.69. The Morgan fingerprint density at radius 2 is 2.00 bits per heavy atom. The first-order chi connectivity index (χ1) is 7.22. The second-order valence-electron chi connectivity index (χ2n) is 2.53. The lowest BCUT2D eigenvalue weighted by atomic mass is 10.5. The van der Waals surface area contributed by atoms with Gasteiger partial charge in [-0.15, -0.1) is 0 Å². The molecule has 2 aromatic rings. The quantitative estimate of drug-likeness (QED) is 0.701. The molecule has 0 unspecified atom stereocenters. The number of nitrogens with zero attached hydrogens (tertiary/aromatic N) is 4. The Labute approximate surface area is 93.1 Å². The lowest BCUT2D eigenvalue weighted by molar-refractivity contribution is 0.402. The van der Waals surface area contributed by atoms with Gasteiger partial charge in [0, 0.05) is 7.05 Å². The molecule has 0 aliphatic heterocycles. The molecule has 0 fully saturated rings. The van der Waals surface area contributed by atoms with Gasteiger partial charge in [-0.25, -0.2) is 4.98 Å². The van der Waals surface area contributed by atoms with Gasteiger partial charge in [-0.2, -0.15) is 9.97 Å². The van der Waals surface area contributed by atoms with Crippen LogP contribution in [-0.2, 0) is 7.05 Å². The molecule has 0 saturated carbocycles. The van der Waals surface area contributed by atoms with Crippen molar-refractivity contribution < 1.29 is 4.74 Å². The van der Waals surface area contributed by atoms with Crippen LogP contribution < -0.4 is 4.74 Å². The third-order valence-corrected chi connectivity index (χ3v) is 1.86. The number of methoxy groups -OCH3 is 1. The number of halogens is 1. The van der Waals surface area contributed by atoms with Crippen LogP contribution in [0.15, 0.2) is 6.33 Å². The predicted octanol–water partition coefficient (Wildman–Crippen LogP) is 2.05. The zero-order valence-corrected chi connectivity index (χ0v) is 9.91. The molecule has 82 valence electrons. The third-order valence-electron chi connectivity index (χ3n) is 1.69. The number of aryl methyl sites for hydroxylation is 1. The van der Waals surface area contributed by atoms with E-state index in [2.05, 4.69) is 15.0 Å². The fraction of sp³-hybridized carbons (Fsp3) is 0.444. The van der Waals surface area contributed by atoms with Gasteiger partial charge >= 0.3 is 0 Å². The van der Waals surface area contributed by atoms with E-state index in [4.69, 9.17) is 16.3 Å². The van der Waals surface area contributed by atoms with Crippen LogP contribution in [0.5, 0.6) is 5.88 Å². The highest BCUT2D eigenvalue weighted by molar-refractivity contribution is 6.28. The van der Waals surface area contributed by atoms with Gasteiger partial charge in [0.25, 0.3) is 0 Å². The van der Waals surface area contributed by atoms with Crippen molar-refractivity contribution in [1.82, 2.24) is 19.5 Å². The second-order valence-corrected chi connectivity index (χ2v) is 2.87. The summed E-state index contributed by atoms with van der Waals surface area (Å²) >= 11 is 5.69. The maximum atomic E-state index is 5.69. The molecule has 2 rings (SSSR count). The Hall–Kier alpha value is -1.36. The molecule has 0 radical (unpaired) electrons. The highest BCUT2D eigenvalue weighted by Crippen LogP contribution is 2.21. The monoisotopic (exact) mass is 228 g/mol. The molecule has 6 heteroatoms. The first-order valence-electron chi connectivity index (χ1n) is 4.61. The van der Waals surface area contributed by atoms with Crippen molar-refractivity contribution in [2.24, 2.45) is 7.05 Å². The van der Waals surface area contributed by atoms with E-state index in [-0.39, 0.29) is 5.28 Å². The summed E-state index contributed by atoms with van der Waals surface area (Å²) in [5.74, 6) is 0.399. The van der Waals surface area contributed by atoms with Gasteiger partial charge in [0.05, 0.1) is 13.4 Å². The Morgan fingerprint density at radius 3 is 2.60 bits per heavy atom. The number of hydrogen-bond donors (Lipinski definition) is 0. The lowest BCUT2D eigenvalue weighted by Crippen LogP contribution is -1.94. The lowest BCUT2D eigenvalue weighted by Gasteiger charge is -1.99. The molecular weight excluding hydrogens is 216 g/mol. The highest BCUT2D eigenvalue weighted by atomic mass is 35.5. The van der Waals surface area contributed by atoms with E-state index < -0.39 is 0 Å². The average Bonchev–Trinajstić information content (AvgIpc) is 2.62. The summed E-state index contributed by atoms with van der Waals surface area (Å²) in [5.41, 5.74) is 1.28. The topological polar surface area (TPSA) is 52.8 Å². The largest absolute Gasteiger partial charge is 0.479 e. The van der Waals surface area contributed by atoms with Crippen molar-refractivity contribution in [2.75, 3.05) is 7.11 Å². The fourth-order valence-corrected chi connectivity index (χ4v) is 1.25. The molecule has 2 heterocycles. The summed E-state index contributed by atoms with van der Waals surface area (Å²) in [4.78, 5) is 12.0. The molecule has 15 heavy (non-hydrogen) atoms. The molecule has 2 aromatic heterocycles.